The first-order valence-corrected chi connectivity index (χ1v) is 9.90. The average Bonchev–Trinajstić information content (AvgIpc) is 2.68. The quantitative estimate of drug-likeness (QED) is 0.720. The molecule has 5 nitrogen and oxygen atoms in total. The van der Waals surface area contributed by atoms with Crippen molar-refractivity contribution in [2.24, 2.45) is 0 Å². The molecule has 1 aliphatic heterocycles. The summed E-state index contributed by atoms with van der Waals surface area (Å²) >= 11 is 1.56. The first kappa shape index (κ1) is 19.3. The van der Waals surface area contributed by atoms with Crippen LogP contribution in [-0.2, 0) is 16.0 Å². The molecule has 0 fully saturated rings. The molecule has 0 spiro atoms. The zero-order valence-electron chi connectivity index (χ0n) is 15.5. The van der Waals surface area contributed by atoms with E-state index in [0.29, 0.717) is 17.9 Å². The molecule has 1 unspecified atom stereocenters. The van der Waals surface area contributed by atoms with E-state index in [1.807, 2.05) is 18.2 Å². The Labute approximate surface area is 163 Å². The van der Waals surface area contributed by atoms with Gasteiger partial charge in [-0.1, -0.05) is 12.1 Å². The van der Waals surface area contributed by atoms with E-state index in [9.17, 15) is 9.59 Å². The Hall–Kier alpha value is -2.47. The molecule has 0 aliphatic carbocycles. The Bertz CT molecular complexity index is 819. The number of anilines is 1. The van der Waals surface area contributed by atoms with Crippen LogP contribution >= 0.6 is 11.8 Å². The normalized spacial score (nSPS) is 15.6. The lowest BCUT2D eigenvalue weighted by Crippen LogP contribution is -2.29. The van der Waals surface area contributed by atoms with Crippen molar-refractivity contribution in [3.63, 3.8) is 0 Å². The number of benzene rings is 2. The lowest BCUT2D eigenvalue weighted by atomic mass is 10.1. The van der Waals surface area contributed by atoms with E-state index < -0.39 is 0 Å². The topological polar surface area (TPSA) is 64.6 Å². The number of fused-ring (bicyclic) bond motifs is 1. The highest BCUT2D eigenvalue weighted by Crippen LogP contribution is 2.38. The standard InChI is InChI=1S/C21H23NO4S/c1-3-26-21(24)15-9-12-18-17(13-15)22-20(23)19(27-18)6-4-5-14-7-10-16(25-2)11-8-14/h7-13,19H,3-6H2,1-2H3,(H,22,23). The highest BCUT2D eigenvalue weighted by atomic mass is 32.2. The molecular formula is C21H23NO4S. The number of thioether (sulfide) groups is 1. The summed E-state index contributed by atoms with van der Waals surface area (Å²) in [4.78, 5) is 25.3. The minimum absolute atomic E-state index is 0.0109. The van der Waals surface area contributed by atoms with Crippen LogP contribution in [-0.4, -0.2) is 30.8 Å². The predicted octanol–water partition coefficient (Wildman–Crippen LogP) is 4.31. The maximum Gasteiger partial charge on any atom is 0.338 e. The van der Waals surface area contributed by atoms with Crippen LogP contribution in [0.3, 0.4) is 0 Å². The number of ether oxygens (including phenoxy) is 2. The van der Waals surface area contributed by atoms with Crippen LogP contribution in [0.1, 0.15) is 35.7 Å². The van der Waals surface area contributed by atoms with Crippen LogP contribution in [0, 0.1) is 0 Å². The van der Waals surface area contributed by atoms with Crippen molar-refractivity contribution in [2.75, 3.05) is 19.0 Å². The highest BCUT2D eigenvalue weighted by Gasteiger charge is 2.27. The van der Waals surface area contributed by atoms with Gasteiger partial charge in [0.15, 0.2) is 0 Å². The molecule has 142 valence electrons. The van der Waals surface area contributed by atoms with Gasteiger partial charge in [0.2, 0.25) is 5.91 Å². The largest absolute Gasteiger partial charge is 0.497 e. The summed E-state index contributed by atoms with van der Waals surface area (Å²) in [5, 5.41) is 2.81. The first-order chi connectivity index (χ1) is 13.1. The van der Waals surface area contributed by atoms with Crippen LogP contribution in [0.4, 0.5) is 5.69 Å². The van der Waals surface area contributed by atoms with Crippen LogP contribution in [0.5, 0.6) is 5.75 Å². The molecule has 0 saturated heterocycles. The van der Waals surface area contributed by atoms with E-state index in [0.717, 1.165) is 29.9 Å². The summed E-state index contributed by atoms with van der Waals surface area (Å²) in [5.74, 6) is 0.462. The van der Waals surface area contributed by atoms with Gasteiger partial charge in [0, 0.05) is 4.90 Å². The van der Waals surface area contributed by atoms with Gasteiger partial charge in [-0.15, -0.1) is 11.8 Å². The number of carbonyl (C=O) groups excluding carboxylic acids is 2. The summed E-state index contributed by atoms with van der Waals surface area (Å²) in [7, 11) is 1.65. The van der Waals surface area contributed by atoms with Gasteiger partial charge in [-0.25, -0.2) is 4.79 Å². The molecule has 6 heteroatoms. The van der Waals surface area contributed by atoms with Gasteiger partial charge in [0.05, 0.1) is 30.2 Å². The molecule has 0 radical (unpaired) electrons. The van der Waals surface area contributed by atoms with Crippen LogP contribution in [0.2, 0.25) is 0 Å². The van der Waals surface area contributed by atoms with Gasteiger partial charge in [-0.05, 0) is 62.1 Å². The number of rotatable bonds is 7. The van der Waals surface area contributed by atoms with E-state index in [1.54, 1.807) is 37.9 Å². The average molecular weight is 385 g/mol. The molecule has 0 saturated carbocycles. The summed E-state index contributed by atoms with van der Waals surface area (Å²) in [5.41, 5.74) is 2.37. The number of nitrogens with one attached hydrogen (secondary N) is 1. The van der Waals surface area contributed by atoms with E-state index in [-0.39, 0.29) is 17.1 Å². The third-order valence-corrected chi connectivity index (χ3v) is 5.75. The van der Waals surface area contributed by atoms with Crippen molar-refractivity contribution < 1.29 is 19.1 Å². The molecule has 3 rings (SSSR count). The Morgan fingerprint density at radius 1 is 1.19 bits per heavy atom. The minimum atomic E-state index is -0.374. The van der Waals surface area contributed by atoms with Crippen LogP contribution in [0.15, 0.2) is 47.4 Å². The Morgan fingerprint density at radius 3 is 2.67 bits per heavy atom. The second-order valence-electron chi connectivity index (χ2n) is 6.27. The molecule has 1 heterocycles. The third kappa shape index (κ3) is 4.83. The Balaban J connectivity index is 1.58. The van der Waals surface area contributed by atoms with E-state index in [2.05, 4.69) is 17.4 Å². The monoisotopic (exact) mass is 385 g/mol. The molecule has 1 atom stereocenters. The van der Waals surface area contributed by atoms with E-state index in [1.165, 1.54) is 5.56 Å². The van der Waals surface area contributed by atoms with Crippen molar-refractivity contribution in [1.82, 2.24) is 0 Å². The molecule has 0 aromatic heterocycles. The summed E-state index contributed by atoms with van der Waals surface area (Å²) in [6, 6.07) is 13.3. The van der Waals surface area contributed by atoms with E-state index in [4.69, 9.17) is 9.47 Å². The Kier molecular flexibility index (Phi) is 6.40. The number of methoxy groups -OCH3 is 1. The molecule has 1 aliphatic rings. The number of hydrogen-bond acceptors (Lipinski definition) is 5. The van der Waals surface area contributed by atoms with Crippen LogP contribution < -0.4 is 10.1 Å². The zero-order chi connectivity index (χ0) is 19.2. The minimum Gasteiger partial charge on any atom is -0.497 e. The molecule has 2 aromatic rings. The second-order valence-corrected chi connectivity index (χ2v) is 7.51. The number of carbonyl (C=O) groups is 2. The first-order valence-electron chi connectivity index (χ1n) is 9.02. The second kappa shape index (κ2) is 8.95. The van der Waals surface area contributed by atoms with Crippen molar-refractivity contribution in [1.29, 1.82) is 0 Å². The lowest BCUT2D eigenvalue weighted by Gasteiger charge is -2.24. The number of aryl methyl sites for hydroxylation is 1. The van der Waals surface area contributed by atoms with Crippen molar-refractivity contribution in [2.45, 2.75) is 36.3 Å². The van der Waals surface area contributed by atoms with Crippen molar-refractivity contribution >= 4 is 29.3 Å². The Morgan fingerprint density at radius 2 is 1.96 bits per heavy atom. The molecular weight excluding hydrogens is 362 g/mol. The maximum atomic E-state index is 12.4. The third-order valence-electron chi connectivity index (χ3n) is 4.40. The SMILES string of the molecule is CCOC(=O)c1ccc2c(c1)NC(=O)C(CCCc1ccc(OC)cc1)S2. The number of amides is 1. The lowest BCUT2D eigenvalue weighted by molar-refractivity contribution is -0.115. The van der Waals surface area contributed by atoms with Gasteiger partial charge in [0.25, 0.3) is 0 Å². The van der Waals surface area contributed by atoms with E-state index >= 15 is 0 Å². The van der Waals surface area contributed by atoms with Crippen molar-refractivity contribution in [3.05, 3.63) is 53.6 Å². The van der Waals surface area contributed by atoms with Gasteiger partial charge in [-0.3, -0.25) is 4.79 Å². The highest BCUT2D eigenvalue weighted by molar-refractivity contribution is 8.01. The fourth-order valence-electron chi connectivity index (χ4n) is 2.97. The molecule has 2 aromatic carbocycles. The summed E-state index contributed by atoms with van der Waals surface area (Å²) in [6.07, 6.45) is 2.64. The molecule has 27 heavy (non-hydrogen) atoms. The molecule has 1 amide bonds. The smallest absolute Gasteiger partial charge is 0.338 e. The number of hydrogen-bond donors (Lipinski definition) is 1. The van der Waals surface area contributed by atoms with Gasteiger partial charge >= 0.3 is 5.97 Å². The molecule has 0 bridgehead atoms. The number of esters is 1. The fourth-order valence-corrected chi connectivity index (χ4v) is 4.11. The van der Waals surface area contributed by atoms with Gasteiger partial charge in [-0.2, -0.15) is 0 Å². The van der Waals surface area contributed by atoms with Crippen molar-refractivity contribution in [3.8, 4) is 5.75 Å². The maximum absolute atomic E-state index is 12.4. The van der Waals surface area contributed by atoms with Crippen LogP contribution in [0.25, 0.3) is 0 Å². The fraction of sp³-hybridized carbons (Fsp3) is 0.333. The zero-order valence-corrected chi connectivity index (χ0v) is 16.3. The summed E-state index contributed by atoms with van der Waals surface area (Å²) in [6.45, 7) is 2.10. The summed E-state index contributed by atoms with van der Waals surface area (Å²) < 4.78 is 10.2. The van der Waals surface area contributed by atoms with Gasteiger partial charge in [0.1, 0.15) is 5.75 Å². The molecule has 1 N–H and O–H groups in total. The predicted molar refractivity (Wildman–Crippen MR) is 107 cm³/mol. The van der Waals surface area contributed by atoms with Gasteiger partial charge < -0.3 is 14.8 Å².